The summed E-state index contributed by atoms with van der Waals surface area (Å²) in [4.78, 5) is 5.69. The van der Waals surface area contributed by atoms with Crippen LogP contribution < -0.4 is 5.32 Å². The Labute approximate surface area is 114 Å². The summed E-state index contributed by atoms with van der Waals surface area (Å²) in [6, 6.07) is 5.99. The summed E-state index contributed by atoms with van der Waals surface area (Å²) in [6.45, 7) is 2.54. The molecule has 0 radical (unpaired) electrons. The van der Waals surface area contributed by atoms with Gasteiger partial charge in [-0.1, -0.05) is 6.07 Å². The predicted octanol–water partition coefficient (Wildman–Crippen LogP) is 2.40. The van der Waals surface area contributed by atoms with Gasteiger partial charge in [0.05, 0.1) is 17.2 Å². The molecule has 0 bridgehead atoms. The van der Waals surface area contributed by atoms with Crippen LogP contribution in [0.25, 0.3) is 21.6 Å². The second kappa shape index (κ2) is 4.99. The molecule has 5 nitrogen and oxygen atoms in total. The van der Waals surface area contributed by atoms with Crippen LogP contribution >= 0.6 is 11.3 Å². The van der Waals surface area contributed by atoms with E-state index in [1.807, 2.05) is 30.5 Å². The first-order valence-corrected chi connectivity index (χ1v) is 6.92. The Morgan fingerprint density at radius 1 is 1.42 bits per heavy atom. The summed E-state index contributed by atoms with van der Waals surface area (Å²) in [5.41, 5.74) is 4.44. The largest absolute Gasteiger partial charge is 0.395 e. The molecule has 0 saturated carbocycles. The fourth-order valence-electron chi connectivity index (χ4n) is 2.04. The fourth-order valence-corrected chi connectivity index (χ4v) is 2.76. The molecule has 3 rings (SSSR count). The van der Waals surface area contributed by atoms with Gasteiger partial charge in [-0.25, -0.2) is 4.98 Å². The van der Waals surface area contributed by atoms with Crippen LogP contribution in [0.1, 0.15) is 5.69 Å². The van der Waals surface area contributed by atoms with Crippen LogP contribution in [0.3, 0.4) is 0 Å². The Bertz CT molecular complexity index is 690. The lowest BCUT2D eigenvalue weighted by Gasteiger charge is -2.06. The molecule has 19 heavy (non-hydrogen) atoms. The minimum absolute atomic E-state index is 0.0884. The van der Waals surface area contributed by atoms with Crippen molar-refractivity contribution >= 4 is 28.1 Å². The molecule has 0 atom stereocenters. The number of aliphatic hydroxyl groups is 1. The molecule has 0 aliphatic carbocycles. The zero-order valence-corrected chi connectivity index (χ0v) is 11.3. The van der Waals surface area contributed by atoms with Crippen molar-refractivity contribution in [3.63, 3.8) is 0 Å². The highest BCUT2D eigenvalue weighted by atomic mass is 32.1. The number of hydrogen-bond acceptors (Lipinski definition) is 5. The minimum Gasteiger partial charge on any atom is -0.395 e. The Morgan fingerprint density at radius 2 is 2.32 bits per heavy atom. The van der Waals surface area contributed by atoms with Crippen LogP contribution in [0, 0.1) is 6.92 Å². The van der Waals surface area contributed by atoms with Gasteiger partial charge in [-0.2, -0.15) is 5.10 Å². The topological polar surface area (TPSA) is 73.8 Å². The molecule has 0 fully saturated rings. The van der Waals surface area contributed by atoms with Gasteiger partial charge in [-0.3, -0.25) is 5.10 Å². The van der Waals surface area contributed by atoms with Crippen molar-refractivity contribution < 1.29 is 5.11 Å². The standard InChI is InChI=1S/C13H14N4OS/c1-8-7-9(14-4-5-18)11-13(15-8)12(17-16-11)10-3-2-6-19-10/h2-3,6-7,18H,4-5H2,1H3,(H,14,15)(H,16,17). The van der Waals surface area contributed by atoms with Crippen LogP contribution in [0.2, 0.25) is 0 Å². The first-order valence-electron chi connectivity index (χ1n) is 6.04. The smallest absolute Gasteiger partial charge is 0.134 e. The van der Waals surface area contributed by atoms with E-state index in [1.165, 1.54) is 0 Å². The van der Waals surface area contributed by atoms with E-state index in [-0.39, 0.29) is 6.61 Å². The Hall–Kier alpha value is -1.92. The molecule has 3 aromatic heterocycles. The maximum absolute atomic E-state index is 8.92. The average molecular weight is 274 g/mol. The molecule has 0 spiro atoms. The highest BCUT2D eigenvalue weighted by Crippen LogP contribution is 2.31. The first-order chi connectivity index (χ1) is 9.29. The van der Waals surface area contributed by atoms with Crippen molar-refractivity contribution in [3.05, 3.63) is 29.3 Å². The van der Waals surface area contributed by atoms with Gasteiger partial charge in [-0.05, 0) is 24.4 Å². The van der Waals surface area contributed by atoms with Crippen LogP contribution in [-0.4, -0.2) is 33.4 Å². The maximum Gasteiger partial charge on any atom is 0.134 e. The summed E-state index contributed by atoms with van der Waals surface area (Å²) < 4.78 is 0. The van der Waals surface area contributed by atoms with Crippen molar-refractivity contribution in [3.8, 4) is 10.6 Å². The van der Waals surface area contributed by atoms with Gasteiger partial charge in [-0.15, -0.1) is 11.3 Å². The number of nitrogens with zero attached hydrogens (tertiary/aromatic N) is 2. The molecule has 0 amide bonds. The van der Waals surface area contributed by atoms with E-state index in [4.69, 9.17) is 5.11 Å². The van der Waals surface area contributed by atoms with E-state index in [2.05, 4.69) is 20.5 Å². The lowest BCUT2D eigenvalue weighted by atomic mass is 10.2. The van der Waals surface area contributed by atoms with Gasteiger partial charge in [0.15, 0.2) is 0 Å². The van der Waals surface area contributed by atoms with Gasteiger partial charge in [0.1, 0.15) is 16.7 Å². The lowest BCUT2D eigenvalue weighted by Crippen LogP contribution is -2.06. The van der Waals surface area contributed by atoms with Crippen molar-refractivity contribution in [1.82, 2.24) is 15.2 Å². The van der Waals surface area contributed by atoms with E-state index in [9.17, 15) is 0 Å². The Morgan fingerprint density at radius 3 is 3.05 bits per heavy atom. The van der Waals surface area contributed by atoms with Gasteiger partial charge < -0.3 is 10.4 Å². The highest BCUT2D eigenvalue weighted by molar-refractivity contribution is 7.13. The Balaban J connectivity index is 2.15. The fraction of sp³-hybridized carbons (Fsp3) is 0.231. The second-order valence-electron chi connectivity index (χ2n) is 4.23. The molecule has 3 N–H and O–H groups in total. The molecule has 98 valence electrons. The maximum atomic E-state index is 8.92. The second-order valence-corrected chi connectivity index (χ2v) is 5.18. The predicted molar refractivity (Wildman–Crippen MR) is 77.5 cm³/mol. The summed E-state index contributed by atoms with van der Waals surface area (Å²) in [5.74, 6) is 0. The van der Waals surface area contributed by atoms with Crippen LogP contribution in [-0.2, 0) is 0 Å². The van der Waals surface area contributed by atoms with Crippen LogP contribution in [0.15, 0.2) is 23.6 Å². The zero-order valence-electron chi connectivity index (χ0n) is 10.5. The SMILES string of the molecule is Cc1cc(NCCO)c2n[nH]c(-c3cccs3)c2n1. The quantitative estimate of drug-likeness (QED) is 0.683. The number of rotatable bonds is 4. The molecule has 0 unspecified atom stereocenters. The van der Waals surface area contributed by atoms with Crippen molar-refractivity contribution in [1.29, 1.82) is 0 Å². The van der Waals surface area contributed by atoms with E-state index in [1.54, 1.807) is 11.3 Å². The number of aryl methyl sites for hydroxylation is 1. The molecule has 3 heterocycles. The number of fused-ring (bicyclic) bond motifs is 1. The number of aromatic nitrogens is 3. The molecule has 0 saturated heterocycles. The molecule has 6 heteroatoms. The third-order valence-electron chi connectivity index (χ3n) is 2.83. The summed E-state index contributed by atoms with van der Waals surface area (Å²) in [7, 11) is 0. The lowest BCUT2D eigenvalue weighted by molar-refractivity contribution is 0.311. The molecule has 0 aliphatic heterocycles. The van der Waals surface area contributed by atoms with Gasteiger partial charge in [0.25, 0.3) is 0 Å². The van der Waals surface area contributed by atoms with E-state index in [0.717, 1.165) is 33.0 Å². The van der Waals surface area contributed by atoms with Crippen molar-refractivity contribution in [2.45, 2.75) is 6.92 Å². The molecule has 3 aromatic rings. The summed E-state index contributed by atoms with van der Waals surface area (Å²) in [6.07, 6.45) is 0. The minimum atomic E-state index is 0.0884. The van der Waals surface area contributed by atoms with Crippen molar-refractivity contribution in [2.24, 2.45) is 0 Å². The van der Waals surface area contributed by atoms with Gasteiger partial charge >= 0.3 is 0 Å². The molecule has 0 aliphatic rings. The summed E-state index contributed by atoms with van der Waals surface area (Å²) in [5, 5.41) is 21.5. The van der Waals surface area contributed by atoms with Crippen molar-refractivity contribution in [2.75, 3.05) is 18.5 Å². The zero-order chi connectivity index (χ0) is 13.2. The van der Waals surface area contributed by atoms with Gasteiger partial charge in [0.2, 0.25) is 0 Å². The average Bonchev–Trinajstić information content (AvgIpc) is 3.03. The van der Waals surface area contributed by atoms with E-state index < -0.39 is 0 Å². The number of anilines is 1. The highest BCUT2D eigenvalue weighted by Gasteiger charge is 2.13. The van der Waals surface area contributed by atoms with E-state index >= 15 is 0 Å². The summed E-state index contributed by atoms with van der Waals surface area (Å²) >= 11 is 1.65. The monoisotopic (exact) mass is 274 g/mol. The Kier molecular flexibility index (Phi) is 3.18. The third-order valence-corrected chi connectivity index (χ3v) is 3.72. The molecular weight excluding hydrogens is 260 g/mol. The number of pyridine rings is 1. The number of thiophene rings is 1. The number of hydrogen-bond donors (Lipinski definition) is 3. The number of aromatic amines is 1. The first kappa shape index (κ1) is 12.1. The number of H-pyrrole nitrogens is 1. The molecular formula is C13H14N4OS. The van der Waals surface area contributed by atoms with Gasteiger partial charge in [0, 0.05) is 12.2 Å². The van der Waals surface area contributed by atoms with E-state index in [0.29, 0.717) is 6.54 Å². The van der Waals surface area contributed by atoms with Crippen LogP contribution in [0.4, 0.5) is 5.69 Å². The van der Waals surface area contributed by atoms with Crippen LogP contribution in [0.5, 0.6) is 0 Å². The number of aliphatic hydroxyl groups excluding tert-OH is 1. The number of nitrogens with one attached hydrogen (secondary N) is 2. The third kappa shape index (κ3) is 2.20. The molecule has 0 aromatic carbocycles. The normalized spacial score (nSPS) is 11.1.